The fourth-order valence-electron chi connectivity index (χ4n) is 5.39. The molecule has 2 saturated heterocycles. The third-order valence-electron chi connectivity index (χ3n) is 7.69. The van der Waals surface area contributed by atoms with Crippen molar-refractivity contribution in [2.45, 2.75) is 154 Å². The van der Waals surface area contributed by atoms with E-state index < -0.39 is 24.0 Å². The van der Waals surface area contributed by atoms with E-state index in [4.69, 9.17) is 5.11 Å². The average Bonchev–Trinajstić information content (AvgIpc) is 3.58. The second-order valence-electron chi connectivity index (χ2n) is 10.9. The van der Waals surface area contributed by atoms with Crippen LogP contribution >= 0.6 is 0 Å². The minimum absolute atomic E-state index is 0. The van der Waals surface area contributed by atoms with Gasteiger partial charge in [0.1, 0.15) is 6.04 Å². The molecule has 2 aliphatic heterocycles. The molecule has 2 atom stereocenters. The molecule has 1 N–H and O–H groups in total. The van der Waals surface area contributed by atoms with Gasteiger partial charge in [0.25, 0.3) is 0 Å². The molecule has 0 aliphatic carbocycles. The summed E-state index contributed by atoms with van der Waals surface area (Å²) in [5, 5.41) is 19.9. The van der Waals surface area contributed by atoms with Gasteiger partial charge in [-0.05, 0) is 38.5 Å². The van der Waals surface area contributed by atoms with Crippen LogP contribution in [-0.2, 0) is 19.2 Å². The summed E-state index contributed by atoms with van der Waals surface area (Å²) in [5.41, 5.74) is 0. The molecular weight excluding hydrogens is 507 g/mol. The molecule has 2 rings (SSSR count). The number of carbonyl (C=O) groups excluding carboxylic acids is 3. The summed E-state index contributed by atoms with van der Waals surface area (Å²) in [7, 11) is 0. The van der Waals surface area contributed by atoms with Crippen LogP contribution in [0.4, 0.5) is 0 Å². The van der Waals surface area contributed by atoms with Crippen molar-refractivity contribution in [3.05, 3.63) is 0 Å². The van der Waals surface area contributed by atoms with E-state index in [1.54, 1.807) is 4.90 Å². The molecule has 0 aromatic carbocycles. The Bertz CT molecular complexity index is 647. The Morgan fingerprint density at radius 2 is 1.00 bits per heavy atom. The number of carbonyl (C=O) groups is 4. The van der Waals surface area contributed by atoms with Gasteiger partial charge in [0.05, 0.1) is 12.0 Å². The summed E-state index contributed by atoms with van der Waals surface area (Å²) in [4.78, 5) is 48.8. The molecule has 0 saturated carbocycles. The number of hydrogen-bond acceptors (Lipinski definition) is 5. The van der Waals surface area contributed by atoms with E-state index in [2.05, 4.69) is 13.8 Å². The summed E-state index contributed by atoms with van der Waals surface area (Å²) in [6.07, 6.45) is 20.2. The van der Waals surface area contributed by atoms with Gasteiger partial charge >= 0.3 is 35.5 Å². The maximum Gasteiger partial charge on any atom is 1.00 e. The van der Waals surface area contributed by atoms with Crippen LogP contribution in [0.15, 0.2) is 0 Å². The van der Waals surface area contributed by atoms with Gasteiger partial charge in [-0.25, -0.2) is 4.79 Å². The first kappa shape index (κ1) is 37.9. The standard InChI is InChI=1S/2C15H27NO3.Na/c2*1-2-3-4-5-6-7-8-11-14(17)16-12-9-10-13(16)15(18)19;/h2*13H,2-12H2,1H3,(H,18,19);/q;;+1/p-1/t2*13-;/m00./s1. The van der Waals surface area contributed by atoms with Crippen LogP contribution in [0.25, 0.3) is 0 Å². The van der Waals surface area contributed by atoms with Crippen molar-refractivity contribution >= 4 is 23.8 Å². The molecule has 2 fully saturated rings. The van der Waals surface area contributed by atoms with Crippen LogP contribution in [0.2, 0.25) is 0 Å². The summed E-state index contributed by atoms with van der Waals surface area (Å²) in [6.45, 7) is 5.59. The summed E-state index contributed by atoms with van der Waals surface area (Å²) < 4.78 is 0. The maximum atomic E-state index is 12.0. The van der Waals surface area contributed by atoms with E-state index in [1.807, 2.05) is 0 Å². The van der Waals surface area contributed by atoms with Crippen molar-refractivity contribution < 1.29 is 58.9 Å². The number of carboxylic acid groups (broad SMARTS) is 2. The molecule has 0 radical (unpaired) electrons. The predicted molar refractivity (Wildman–Crippen MR) is 147 cm³/mol. The van der Waals surface area contributed by atoms with Gasteiger partial charge in [-0.1, -0.05) is 90.9 Å². The van der Waals surface area contributed by atoms with Crippen LogP contribution in [0.1, 0.15) is 142 Å². The van der Waals surface area contributed by atoms with Crippen molar-refractivity contribution in [3.8, 4) is 0 Å². The van der Waals surface area contributed by atoms with Crippen LogP contribution in [-0.4, -0.2) is 63.8 Å². The summed E-state index contributed by atoms with van der Waals surface area (Å²) in [5.74, 6) is -1.95. The van der Waals surface area contributed by atoms with Crippen molar-refractivity contribution in [2.75, 3.05) is 13.1 Å². The molecule has 0 aromatic heterocycles. The summed E-state index contributed by atoms with van der Waals surface area (Å²) >= 11 is 0. The van der Waals surface area contributed by atoms with Crippen LogP contribution < -0.4 is 34.7 Å². The van der Waals surface area contributed by atoms with E-state index in [-0.39, 0.29) is 41.4 Å². The zero-order valence-electron chi connectivity index (χ0n) is 25.1. The smallest absolute Gasteiger partial charge is 0.548 e. The maximum absolute atomic E-state index is 12.0. The molecule has 2 aliphatic rings. The Kier molecular flexibility index (Phi) is 22.9. The van der Waals surface area contributed by atoms with Crippen molar-refractivity contribution in [3.63, 3.8) is 0 Å². The number of likely N-dealkylation sites (tertiary alicyclic amines) is 2. The molecule has 0 spiro atoms. The van der Waals surface area contributed by atoms with Gasteiger partial charge in [-0.2, -0.15) is 0 Å². The fraction of sp³-hybridized carbons (Fsp3) is 0.867. The fourth-order valence-corrected chi connectivity index (χ4v) is 5.39. The van der Waals surface area contributed by atoms with Crippen LogP contribution in [0.3, 0.4) is 0 Å². The molecule has 39 heavy (non-hydrogen) atoms. The van der Waals surface area contributed by atoms with Gasteiger partial charge in [-0.3, -0.25) is 9.59 Å². The van der Waals surface area contributed by atoms with Gasteiger partial charge < -0.3 is 24.8 Å². The minimum Gasteiger partial charge on any atom is -0.548 e. The van der Waals surface area contributed by atoms with Crippen LogP contribution in [0.5, 0.6) is 0 Å². The topological polar surface area (TPSA) is 118 Å². The zero-order chi connectivity index (χ0) is 28.2. The Hall–Kier alpha value is -1.12. The molecule has 9 heteroatoms. The number of amides is 2. The Morgan fingerprint density at radius 3 is 1.38 bits per heavy atom. The second kappa shape index (κ2) is 23.6. The normalized spacial score (nSPS) is 18.3. The predicted octanol–water partition coefficient (Wildman–Crippen LogP) is 2.07. The van der Waals surface area contributed by atoms with Crippen molar-refractivity contribution in [2.24, 2.45) is 0 Å². The van der Waals surface area contributed by atoms with Gasteiger partial charge in [0.2, 0.25) is 11.8 Å². The largest absolute Gasteiger partial charge is 1.00 e. The average molecular weight is 561 g/mol. The molecule has 0 bridgehead atoms. The third kappa shape index (κ3) is 16.0. The molecule has 0 unspecified atom stereocenters. The van der Waals surface area contributed by atoms with E-state index in [9.17, 15) is 24.3 Å². The molecule has 2 heterocycles. The number of rotatable bonds is 18. The van der Waals surface area contributed by atoms with Crippen molar-refractivity contribution in [1.82, 2.24) is 9.80 Å². The number of carboxylic acids is 2. The van der Waals surface area contributed by atoms with E-state index in [1.165, 1.54) is 69.1 Å². The number of nitrogens with zero attached hydrogens (tertiary/aromatic N) is 2. The Morgan fingerprint density at radius 1 is 0.641 bits per heavy atom. The molecular formula is C30H53N2NaO6. The number of aliphatic carboxylic acids is 2. The first-order valence-electron chi connectivity index (χ1n) is 15.4. The quantitative estimate of drug-likeness (QED) is 0.203. The van der Waals surface area contributed by atoms with Gasteiger partial charge in [-0.15, -0.1) is 0 Å². The minimum atomic E-state index is -1.11. The third-order valence-corrected chi connectivity index (χ3v) is 7.69. The van der Waals surface area contributed by atoms with Gasteiger partial charge in [0.15, 0.2) is 0 Å². The van der Waals surface area contributed by atoms with Gasteiger partial charge in [0, 0.05) is 25.9 Å². The molecule has 0 aromatic rings. The summed E-state index contributed by atoms with van der Waals surface area (Å²) in [6, 6.07) is -1.26. The first-order valence-corrected chi connectivity index (χ1v) is 15.4. The SMILES string of the molecule is CCCCCCCCCC(=O)N1CCC[C@H]1C(=O)O.CCCCCCCCCC(=O)N1CCC[C@H]1C(=O)[O-].[Na+]. The van der Waals surface area contributed by atoms with E-state index in [0.717, 1.165) is 38.5 Å². The number of unbranched alkanes of at least 4 members (excludes halogenated alkanes) is 12. The monoisotopic (exact) mass is 560 g/mol. The van der Waals surface area contributed by atoms with E-state index >= 15 is 0 Å². The Balaban J connectivity index is 0.000000722. The molecule has 220 valence electrons. The molecule has 2 amide bonds. The first-order chi connectivity index (χ1) is 18.3. The zero-order valence-corrected chi connectivity index (χ0v) is 27.1. The van der Waals surface area contributed by atoms with E-state index in [0.29, 0.717) is 38.8 Å². The van der Waals surface area contributed by atoms with Crippen LogP contribution in [0, 0.1) is 0 Å². The second-order valence-corrected chi connectivity index (χ2v) is 10.9. The van der Waals surface area contributed by atoms with Crippen molar-refractivity contribution in [1.29, 1.82) is 0 Å². The molecule has 8 nitrogen and oxygen atoms in total. The number of hydrogen-bond donors (Lipinski definition) is 1. The Labute approximate surface area is 258 Å².